The number of likely N-dealkylation sites (tertiary alicyclic amines) is 1. The number of carboxylic acids is 1. The highest BCUT2D eigenvalue weighted by atomic mass is 32.2. The summed E-state index contributed by atoms with van der Waals surface area (Å²) in [5.74, 6) is -0.794. The lowest BCUT2D eigenvalue weighted by atomic mass is 9.69. The average molecular weight is 344 g/mol. The molecule has 2 aliphatic rings. The summed E-state index contributed by atoms with van der Waals surface area (Å²) in [4.78, 5) is 13.9. The largest absolute Gasteiger partial charge is 0.481 e. The lowest BCUT2D eigenvalue weighted by molar-refractivity contribution is -0.160. The molecule has 2 atom stereocenters. The van der Waals surface area contributed by atoms with Gasteiger partial charge in [-0.15, -0.1) is 11.3 Å². The van der Waals surface area contributed by atoms with Crippen molar-refractivity contribution in [3.63, 3.8) is 0 Å². The van der Waals surface area contributed by atoms with Crippen LogP contribution in [0.15, 0.2) is 21.7 Å². The smallest absolute Gasteiger partial charge is 0.311 e. The van der Waals surface area contributed by atoms with E-state index >= 15 is 0 Å². The number of rotatable bonds is 3. The monoisotopic (exact) mass is 344 g/mol. The molecular formula is C14H20N2O4S2. The van der Waals surface area contributed by atoms with E-state index in [2.05, 4.69) is 0 Å². The molecule has 2 fully saturated rings. The molecule has 0 aromatic carbocycles. The van der Waals surface area contributed by atoms with Crippen molar-refractivity contribution < 1.29 is 18.3 Å². The SMILES string of the molecule is CN1CCC[C@]2(C(=O)O)CCN(S(=O)(=O)c3cccs3)C[C@@H]12. The van der Waals surface area contributed by atoms with Gasteiger partial charge in [-0.25, -0.2) is 8.42 Å². The summed E-state index contributed by atoms with van der Waals surface area (Å²) in [5, 5.41) is 11.5. The number of carbonyl (C=O) groups is 1. The maximum atomic E-state index is 12.7. The van der Waals surface area contributed by atoms with Crippen molar-refractivity contribution in [1.29, 1.82) is 0 Å². The zero-order valence-corrected chi connectivity index (χ0v) is 14.1. The zero-order chi connectivity index (χ0) is 16.0. The van der Waals surface area contributed by atoms with Gasteiger partial charge < -0.3 is 10.0 Å². The highest BCUT2D eigenvalue weighted by molar-refractivity contribution is 7.91. The molecule has 3 heterocycles. The predicted molar refractivity (Wildman–Crippen MR) is 83.4 cm³/mol. The topological polar surface area (TPSA) is 77.9 Å². The van der Waals surface area contributed by atoms with Crippen LogP contribution in [0.1, 0.15) is 19.3 Å². The quantitative estimate of drug-likeness (QED) is 0.894. The molecule has 6 nitrogen and oxygen atoms in total. The maximum Gasteiger partial charge on any atom is 0.311 e. The summed E-state index contributed by atoms with van der Waals surface area (Å²) >= 11 is 1.20. The fourth-order valence-electron chi connectivity index (χ4n) is 3.71. The van der Waals surface area contributed by atoms with Gasteiger partial charge in [-0.05, 0) is 44.3 Å². The molecule has 122 valence electrons. The second-order valence-electron chi connectivity index (χ2n) is 6.11. The second kappa shape index (κ2) is 5.59. The first-order valence-corrected chi connectivity index (χ1v) is 9.67. The Balaban J connectivity index is 1.90. The second-order valence-corrected chi connectivity index (χ2v) is 9.22. The van der Waals surface area contributed by atoms with Crippen LogP contribution in [0.25, 0.3) is 0 Å². The molecule has 0 unspecified atom stereocenters. The zero-order valence-electron chi connectivity index (χ0n) is 12.4. The van der Waals surface area contributed by atoms with E-state index in [9.17, 15) is 18.3 Å². The van der Waals surface area contributed by atoms with Gasteiger partial charge in [-0.3, -0.25) is 4.79 Å². The van der Waals surface area contributed by atoms with Crippen molar-refractivity contribution in [2.24, 2.45) is 5.41 Å². The van der Waals surface area contributed by atoms with Crippen LogP contribution in [0.4, 0.5) is 0 Å². The molecule has 1 aromatic heterocycles. The van der Waals surface area contributed by atoms with Gasteiger partial charge in [0.25, 0.3) is 10.0 Å². The number of hydrogen-bond donors (Lipinski definition) is 1. The molecule has 0 radical (unpaired) electrons. The van der Waals surface area contributed by atoms with E-state index in [0.717, 1.165) is 13.0 Å². The standard InChI is InChI=1S/C14H20N2O4S2/c1-15-7-3-5-14(13(17)18)6-8-16(10-11(14)15)22(19,20)12-4-2-9-21-12/h2,4,9,11H,3,5-8,10H2,1H3,(H,17,18)/t11-,14+/m1/s1. The average Bonchev–Trinajstić information content (AvgIpc) is 3.02. The molecule has 1 aromatic rings. The number of fused-ring (bicyclic) bond motifs is 1. The van der Waals surface area contributed by atoms with Crippen molar-refractivity contribution in [1.82, 2.24) is 9.21 Å². The number of hydrogen-bond acceptors (Lipinski definition) is 5. The molecule has 0 aliphatic carbocycles. The van der Waals surface area contributed by atoms with Gasteiger partial charge in [0.2, 0.25) is 0 Å². The lowest BCUT2D eigenvalue weighted by Crippen LogP contribution is -2.63. The number of aliphatic carboxylic acids is 1. The van der Waals surface area contributed by atoms with Crippen molar-refractivity contribution in [3.05, 3.63) is 17.5 Å². The molecule has 0 saturated carbocycles. The van der Waals surface area contributed by atoms with Crippen LogP contribution in [-0.4, -0.2) is 61.4 Å². The summed E-state index contributed by atoms with van der Waals surface area (Å²) in [5.41, 5.74) is -0.811. The first-order chi connectivity index (χ1) is 10.4. The molecule has 22 heavy (non-hydrogen) atoms. The molecule has 0 spiro atoms. The summed E-state index contributed by atoms with van der Waals surface area (Å²) in [7, 11) is -1.62. The van der Waals surface area contributed by atoms with Gasteiger partial charge in [0.15, 0.2) is 0 Å². The fraction of sp³-hybridized carbons (Fsp3) is 0.643. The maximum absolute atomic E-state index is 12.7. The minimum absolute atomic E-state index is 0.253. The highest BCUT2D eigenvalue weighted by Gasteiger charge is 2.53. The number of carboxylic acid groups (broad SMARTS) is 1. The van der Waals surface area contributed by atoms with Crippen molar-refractivity contribution in [2.45, 2.75) is 29.5 Å². The van der Waals surface area contributed by atoms with Crippen LogP contribution in [0.2, 0.25) is 0 Å². The van der Waals surface area contributed by atoms with Crippen LogP contribution in [0, 0.1) is 5.41 Å². The van der Waals surface area contributed by atoms with Crippen LogP contribution in [-0.2, 0) is 14.8 Å². The third-order valence-electron chi connectivity index (χ3n) is 5.00. The van der Waals surface area contributed by atoms with Gasteiger partial charge in [0.1, 0.15) is 4.21 Å². The lowest BCUT2D eigenvalue weighted by Gasteiger charge is -2.51. The number of sulfonamides is 1. The Labute approximate surface area is 134 Å². The van der Waals surface area contributed by atoms with Gasteiger partial charge in [0, 0.05) is 19.1 Å². The van der Waals surface area contributed by atoms with Gasteiger partial charge in [0.05, 0.1) is 5.41 Å². The normalized spacial score (nSPS) is 30.9. The van der Waals surface area contributed by atoms with Gasteiger partial charge in [-0.1, -0.05) is 6.07 Å². The van der Waals surface area contributed by atoms with E-state index in [1.165, 1.54) is 15.6 Å². The Kier molecular flexibility index (Phi) is 4.05. The number of likely N-dealkylation sites (N-methyl/N-ethyl adjacent to an activating group) is 1. The number of nitrogens with zero attached hydrogens (tertiary/aromatic N) is 2. The van der Waals surface area contributed by atoms with Crippen LogP contribution in [0.5, 0.6) is 0 Å². The van der Waals surface area contributed by atoms with E-state index in [1.807, 2.05) is 11.9 Å². The first-order valence-electron chi connectivity index (χ1n) is 7.35. The van der Waals surface area contributed by atoms with E-state index < -0.39 is 21.4 Å². The number of thiophene rings is 1. The third kappa shape index (κ3) is 2.38. The minimum Gasteiger partial charge on any atom is -0.481 e. The Morgan fingerprint density at radius 3 is 2.82 bits per heavy atom. The van der Waals surface area contributed by atoms with E-state index in [-0.39, 0.29) is 19.1 Å². The van der Waals surface area contributed by atoms with E-state index in [1.54, 1.807) is 17.5 Å². The molecule has 2 saturated heterocycles. The molecule has 0 bridgehead atoms. The summed E-state index contributed by atoms with van der Waals surface area (Å²) in [6.07, 6.45) is 1.85. The van der Waals surface area contributed by atoms with Gasteiger partial charge >= 0.3 is 5.97 Å². The Morgan fingerprint density at radius 2 is 2.18 bits per heavy atom. The minimum atomic E-state index is -3.51. The Hall–Kier alpha value is -0.960. The molecular weight excluding hydrogens is 324 g/mol. The van der Waals surface area contributed by atoms with Crippen molar-refractivity contribution in [3.8, 4) is 0 Å². The molecule has 1 N–H and O–H groups in total. The predicted octanol–water partition coefficient (Wildman–Crippen LogP) is 1.31. The summed E-state index contributed by atoms with van der Waals surface area (Å²) < 4.78 is 27.1. The Morgan fingerprint density at radius 1 is 1.41 bits per heavy atom. The summed E-state index contributed by atoms with van der Waals surface area (Å²) in [6, 6.07) is 3.06. The third-order valence-corrected chi connectivity index (χ3v) is 8.24. The highest BCUT2D eigenvalue weighted by Crippen LogP contribution is 2.43. The Bertz CT molecular complexity index is 658. The number of piperidine rings is 2. The first kappa shape index (κ1) is 15.9. The summed E-state index contributed by atoms with van der Waals surface area (Å²) in [6.45, 7) is 1.34. The molecule has 2 aliphatic heterocycles. The van der Waals surface area contributed by atoms with Crippen molar-refractivity contribution >= 4 is 27.3 Å². The van der Waals surface area contributed by atoms with Crippen LogP contribution in [0.3, 0.4) is 0 Å². The molecule has 0 amide bonds. The van der Waals surface area contributed by atoms with Crippen molar-refractivity contribution in [2.75, 3.05) is 26.7 Å². The fourth-order valence-corrected chi connectivity index (χ4v) is 6.31. The van der Waals surface area contributed by atoms with E-state index in [4.69, 9.17) is 0 Å². The molecule has 3 rings (SSSR count). The van der Waals surface area contributed by atoms with E-state index in [0.29, 0.717) is 17.1 Å². The van der Waals surface area contributed by atoms with Crippen LogP contribution >= 0.6 is 11.3 Å². The molecule has 8 heteroatoms. The van der Waals surface area contributed by atoms with Crippen LogP contribution < -0.4 is 0 Å². The van der Waals surface area contributed by atoms with Gasteiger partial charge in [-0.2, -0.15) is 4.31 Å².